The number of nitrogens with two attached hydrogens (primary N) is 1. The zero-order valence-electron chi connectivity index (χ0n) is 18.9. The Kier molecular flexibility index (Phi) is 6.02. The normalized spacial score (nSPS) is 23.2. The molecule has 1 aromatic carbocycles. The highest BCUT2D eigenvalue weighted by Crippen LogP contribution is 2.60. The van der Waals surface area contributed by atoms with E-state index in [-0.39, 0.29) is 53.9 Å². The number of carbonyl (C=O) groups excluding carboxylic acids is 2. The minimum absolute atomic E-state index is 0.0230. The molecule has 0 spiro atoms. The minimum atomic E-state index is -1.21. The van der Waals surface area contributed by atoms with Gasteiger partial charge in [-0.25, -0.2) is 4.79 Å². The Hall–Kier alpha value is -2.83. The van der Waals surface area contributed by atoms with Crippen LogP contribution in [0, 0.1) is 0 Å². The van der Waals surface area contributed by atoms with Crippen molar-refractivity contribution in [1.29, 1.82) is 0 Å². The fourth-order valence-corrected chi connectivity index (χ4v) is 4.35. The fourth-order valence-electron chi connectivity index (χ4n) is 4.35. The number of fused-ring (bicyclic) bond motifs is 3. The molecule has 11 nitrogen and oxygen atoms in total. The molecule has 33 heavy (non-hydrogen) atoms. The van der Waals surface area contributed by atoms with Crippen molar-refractivity contribution in [2.75, 3.05) is 40.3 Å². The first-order chi connectivity index (χ1) is 15.5. The van der Waals surface area contributed by atoms with Crippen LogP contribution in [0.15, 0.2) is 12.1 Å². The molecule has 1 aromatic rings. The van der Waals surface area contributed by atoms with Crippen LogP contribution in [0.2, 0.25) is 5.82 Å². The minimum Gasteiger partial charge on any atom is -0.535 e. The average Bonchev–Trinajstić information content (AvgIpc) is 3.51. The van der Waals surface area contributed by atoms with Crippen molar-refractivity contribution in [3.8, 4) is 11.5 Å². The van der Waals surface area contributed by atoms with Crippen molar-refractivity contribution in [1.82, 2.24) is 15.1 Å². The smallest absolute Gasteiger partial charge is 0.526 e. The van der Waals surface area contributed by atoms with Gasteiger partial charge in [-0.15, -0.1) is 0 Å². The summed E-state index contributed by atoms with van der Waals surface area (Å²) in [7, 11) is 2.20. The summed E-state index contributed by atoms with van der Waals surface area (Å²) in [6.45, 7) is 2.64. The highest BCUT2D eigenvalue weighted by atomic mass is 16.5. The third-order valence-corrected chi connectivity index (χ3v) is 6.39. The molecule has 2 amide bonds. The summed E-state index contributed by atoms with van der Waals surface area (Å²) in [4.78, 5) is 39.3. The number of carboxylic acid groups (broad SMARTS) is 1. The number of likely N-dealkylation sites (tertiary alicyclic amines) is 1. The van der Waals surface area contributed by atoms with Gasteiger partial charge in [0.15, 0.2) is 0 Å². The van der Waals surface area contributed by atoms with E-state index in [1.165, 1.54) is 4.90 Å². The number of ether oxygens (including phenoxy) is 1. The van der Waals surface area contributed by atoms with Gasteiger partial charge in [-0.05, 0) is 30.9 Å². The summed E-state index contributed by atoms with van der Waals surface area (Å²) < 4.78 is 11.4. The third kappa shape index (κ3) is 4.64. The number of nitrogens with one attached hydrogen (secondary N) is 1. The first kappa shape index (κ1) is 23.3. The number of aromatic carboxylic acids is 1. The van der Waals surface area contributed by atoms with Crippen LogP contribution in [0.3, 0.4) is 0 Å². The number of carbonyl (C=O) groups is 3. The standard InChI is InChI=1S/C21H29BN4O7/c1-21(23,20(30)24-7-16(27)25(2)3)10-26-8-11(9-26)32-15-5-4-12-13-6-14(13)22(31)33-18(12)17(15)19(28)29/h4-5,11,13-14,31H,6-10,23H2,1-3H3,(H,24,30)(H,28,29)/t13-,14-,21+/m1/s1. The molecule has 2 heterocycles. The molecule has 1 aliphatic carbocycles. The lowest BCUT2D eigenvalue weighted by molar-refractivity contribution is -0.133. The topological polar surface area (TPSA) is 155 Å². The molecular formula is C21H29BN4O7. The van der Waals surface area contributed by atoms with E-state index in [1.807, 2.05) is 4.90 Å². The molecule has 2 fully saturated rings. The predicted molar refractivity (Wildman–Crippen MR) is 118 cm³/mol. The highest BCUT2D eigenvalue weighted by molar-refractivity contribution is 6.48. The maximum Gasteiger partial charge on any atom is 0.526 e. The third-order valence-electron chi connectivity index (χ3n) is 6.39. The SMILES string of the molecule is CN(C)C(=O)CNC(=O)[C@@](C)(N)CN1CC(Oc2ccc3c(c2C(=O)O)OB(O)[C@@H]2C[C@H]32)C1. The Morgan fingerprint density at radius 2 is 2.06 bits per heavy atom. The second kappa shape index (κ2) is 8.51. The lowest BCUT2D eigenvalue weighted by atomic mass is 9.77. The van der Waals surface area contributed by atoms with Gasteiger partial charge < -0.3 is 35.5 Å². The number of carboxylic acids is 1. The average molecular weight is 460 g/mol. The Morgan fingerprint density at radius 1 is 1.36 bits per heavy atom. The lowest BCUT2D eigenvalue weighted by Crippen LogP contribution is -2.64. The molecule has 0 bridgehead atoms. The Bertz CT molecular complexity index is 980. The molecular weight excluding hydrogens is 431 g/mol. The van der Waals surface area contributed by atoms with E-state index in [0.29, 0.717) is 13.1 Å². The number of hydrogen-bond acceptors (Lipinski definition) is 8. The van der Waals surface area contributed by atoms with E-state index in [0.717, 1.165) is 12.0 Å². The first-order valence-electron chi connectivity index (χ1n) is 10.9. The zero-order chi connectivity index (χ0) is 24.1. The molecule has 1 saturated heterocycles. The van der Waals surface area contributed by atoms with E-state index in [9.17, 15) is 24.5 Å². The molecule has 4 rings (SSSR count). The molecule has 0 aromatic heterocycles. The number of nitrogens with zero attached hydrogens (tertiary/aromatic N) is 2. The maximum atomic E-state index is 12.4. The van der Waals surface area contributed by atoms with Crippen molar-refractivity contribution in [2.45, 2.75) is 36.7 Å². The molecule has 0 radical (unpaired) electrons. The Morgan fingerprint density at radius 3 is 2.70 bits per heavy atom. The highest BCUT2D eigenvalue weighted by Gasteiger charge is 2.54. The number of rotatable bonds is 8. The van der Waals surface area contributed by atoms with Gasteiger partial charge in [0.2, 0.25) is 11.8 Å². The molecule has 178 valence electrons. The zero-order valence-corrected chi connectivity index (χ0v) is 18.9. The van der Waals surface area contributed by atoms with Gasteiger partial charge in [0.25, 0.3) is 0 Å². The maximum absolute atomic E-state index is 12.4. The molecule has 0 unspecified atom stereocenters. The molecule has 2 aliphatic heterocycles. The van der Waals surface area contributed by atoms with Gasteiger partial charge >= 0.3 is 13.1 Å². The van der Waals surface area contributed by atoms with Crippen LogP contribution in [0.4, 0.5) is 0 Å². The van der Waals surface area contributed by atoms with Crippen LogP contribution < -0.4 is 20.4 Å². The largest absolute Gasteiger partial charge is 0.535 e. The van der Waals surface area contributed by atoms with Gasteiger partial charge in [-0.2, -0.15) is 0 Å². The van der Waals surface area contributed by atoms with Crippen LogP contribution in [0.5, 0.6) is 11.5 Å². The first-order valence-corrected chi connectivity index (χ1v) is 10.9. The monoisotopic (exact) mass is 460 g/mol. The van der Waals surface area contributed by atoms with Crippen molar-refractivity contribution >= 4 is 24.9 Å². The number of hydrogen-bond donors (Lipinski definition) is 4. The molecule has 3 aliphatic rings. The second-order valence-electron chi connectivity index (χ2n) is 9.50. The van der Waals surface area contributed by atoms with Crippen molar-refractivity contribution in [2.24, 2.45) is 5.73 Å². The van der Waals surface area contributed by atoms with Crippen LogP contribution >= 0.6 is 0 Å². The molecule has 12 heteroatoms. The predicted octanol–water partition coefficient (Wildman–Crippen LogP) is -0.900. The van der Waals surface area contributed by atoms with E-state index < -0.39 is 24.5 Å². The van der Waals surface area contributed by atoms with Crippen LogP contribution in [0.1, 0.15) is 35.2 Å². The summed E-state index contributed by atoms with van der Waals surface area (Å²) in [6.07, 6.45) is 0.497. The summed E-state index contributed by atoms with van der Waals surface area (Å²) in [5.74, 6) is -1.33. The number of amides is 2. The lowest BCUT2D eigenvalue weighted by Gasteiger charge is -2.42. The second-order valence-corrected chi connectivity index (χ2v) is 9.50. The summed E-state index contributed by atoms with van der Waals surface area (Å²) in [5.41, 5.74) is 5.67. The van der Waals surface area contributed by atoms with Crippen molar-refractivity contribution < 1.29 is 33.9 Å². The van der Waals surface area contributed by atoms with E-state index in [1.54, 1.807) is 33.2 Å². The summed E-state index contributed by atoms with van der Waals surface area (Å²) in [5, 5.41) is 22.4. The van der Waals surface area contributed by atoms with Crippen LogP contribution in [-0.4, -0.2) is 96.7 Å². The van der Waals surface area contributed by atoms with Gasteiger partial charge in [0, 0.05) is 39.5 Å². The number of benzene rings is 1. The molecule has 5 N–H and O–H groups in total. The van der Waals surface area contributed by atoms with Crippen LogP contribution in [0.25, 0.3) is 0 Å². The van der Waals surface area contributed by atoms with Gasteiger partial charge in [0.05, 0.1) is 6.54 Å². The van der Waals surface area contributed by atoms with E-state index in [2.05, 4.69) is 5.32 Å². The number of likely N-dealkylation sites (N-methyl/N-ethyl adjacent to an activating group) is 1. The van der Waals surface area contributed by atoms with Crippen molar-refractivity contribution in [3.05, 3.63) is 23.3 Å². The van der Waals surface area contributed by atoms with Crippen molar-refractivity contribution in [3.63, 3.8) is 0 Å². The van der Waals surface area contributed by atoms with Gasteiger partial charge in [0.1, 0.15) is 28.7 Å². The van der Waals surface area contributed by atoms with E-state index in [4.69, 9.17) is 15.1 Å². The van der Waals surface area contributed by atoms with Gasteiger partial charge in [-0.3, -0.25) is 14.5 Å². The van der Waals surface area contributed by atoms with E-state index >= 15 is 0 Å². The molecule has 1 saturated carbocycles. The van der Waals surface area contributed by atoms with Gasteiger partial charge in [-0.1, -0.05) is 6.07 Å². The summed E-state index contributed by atoms with van der Waals surface area (Å²) >= 11 is 0. The quantitative estimate of drug-likeness (QED) is 0.361. The Labute approximate surface area is 191 Å². The summed E-state index contributed by atoms with van der Waals surface area (Å²) in [6, 6.07) is 3.45. The fraction of sp³-hybridized carbons (Fsp3) is 0.571. The molecule has 3 atom stereocenters. The van der Waals surface area contributed by atoms with Crippen LogP contribution in [-0.2, 0) is 9.59 Å². The Balaban J connectivity index is 1.34.